The van der Waals surface area contributed by atoms with E-state index in [4.69, 9.17) is 0 Å². The molecular weight excluding hydrogens is 346 g/mol. The minimum absolute atomic E-state index is 0.0505. The van der Waals surface area contributed by atoms with Gasteiger partial charge in [0.1, 0.15) is 11.6 Å². The second-order valence-electron chi connectivity index (χ2n) is 6.17. The fraction of sp³-hybridized carbons (Fsp3) is 0.333. The predicted molar refractivity (Wildman–Crippen MR) is 93.8 cm³/mol. The molecule has 3 rings (SSSR count). The Morgan fingerprint density at radius 1 is 1.12 bits per heavy atom. The molecule has 25 heavy (non-hydrogen) atoms. The fourth-order valence-corrected chi connectivity index (χ4v) is 4.32. The molecule has 0 unspecified atom stereocenters. The van der Waals surface area contributed by atoms with Crippen LogP contribution in [0.5, 0.6) is 0 Å². The third-order valence-corrected chi connectivity index (χ3v) is 5.65. The van der Waals surface area contributed by atoms with E-state index >= 15 is 0 Å². The SMILES string of the molecule is O=S(=O)(Cc1cc(F)ccc1F)NC[C@H]1CCCN1c1ccccc1. The highest BCUT2D eigenvalue weighted by molar-refractivity contribution is 7.88. The van der Waals surface area contributed by atoms with Gasteiger partial charge in [-0.3, -0.25) is 0 Å². The number of hydrogen-bond acceptors (Lipinski definition) is 3. The van der Waals surface area contributed by atoms with E-state index < -0.39 is 27.4 Å². The van der Waals surface area contributed by atoms with Crippen LogP contribution in [-0.2, 0) is 15.8 Å². The van der Waals surface area contributed by atoms with E-state index in [1.54, 1.807) is 0 Å². The summed E-state index contributed by atoms with van der Waals surface area (Å²) in [6, 6.07) is 12.7. The molecule has 0 spiro atoms. The lowest BCUT2D eigenvalue weighted by Crippen LogP contribution is -2.40. The molecule has 7 heteroatoms. The standard InChI is InChI=1S/C18H20F2N2O2S/c19-15-8-9-18(20)14(11-15)13-25(23,24)21-12-17-7-4-10-22(17)16-5-2-1-3-6-16/h1-3,5-6,8-9,11,17,21H,4,7,10,12-13H2/t17-/m1/s1. The van der Waals surface area contributed by atoms with Crippen LogP contribution >= 0.6 is 0 Å². The molecule has 1 heterocycles. The Kier molecular flexibility index (Phi) is 5.34. The van der Waals surface area contributed by atoms with E-state index in [0.29, 0.717) is 0 Å². The number of rotatable bonds is 6. The number of nitrogens with zero attached hydrogens (tertiary/aromatic N) is 1. The maximum Gasteiger partial charge on any atom is 0.215 e. The number of anilines is 1. The molecule has 1 fully saturated rings. The Labute approximate surface area is 146 Å². The lowest BCUT2D eigenvalue weighted by molar-refractivity contribution is 0.559. The van der Waals surface area contributed by atoms with Gasteiger partial charge in [-0.25, -0.2) is 21.9 Å². The van der Waals surface area contributed by atoms with Gasteiger partial charge in [-0.15, -0.1) is 0 Å². The summed E-state index contributed by atoms with van der Waals surface area (Å²) in [5.74, 6) is -1.95. The lowest BCUT2D eigenvalue weighted by atomic mass is 10.2. The van der Waals surface area contributed by atoms with Gasteiger partial charge in [-0.05, 0) is 43.2 Å². The van der Waals surface area contributed by atoms with Crippen molar-refractivity contribution in [3.63, 3.8) is 0 Å². The molecule has 2 aromatic carbocycles. The van der Waals surface area contributed by atoms with Crippen molar-refractivity contribution in [1.29, 1.82) is 0 Å². The molecule has 134 valence electrons. The summed E-state index contributed by atoms with van der Waals surface area (Å²) in [5.41, 5.74) is 0.888. The number of nitrogens with one attached hydrogen (secondary N) is 1. The average molecular weight is 366 g/mol. The highest BCUT2D eigenvalue weighted by Gasteiger charge is 2.26. The molecule has 0 aromatic heterocycles. The van der Waals surface area contributed by atoms with Crippen molar-refractivity contribution in [2.75, 3.05) is 18.0 Å². The molecule has 0 aliphatic carbocycles. The smallest absolute Gasteiger partial charge is 0.215 e. The van der Waals surface area contributed by atoms with Gasteiger partial charge >= 0.3 is 0 Å². The minimum atomic E-state index is -3.75. The van der Waals surface area contributed by atoms with Gasteiger partial charge in [0.2, 0.25) is 10.0 Å². The van der Waals surface area contributed by atoms with Crippen LogP contribution in [0, 0.1) is 11.6 Å². The van der Waals surface area contributed by atoms with Crippen LogP contribution in [0.25, 0.3) is 0 Å². The largest absolute Gasteiger partial charge is 0.367 e. The summed E-state index contributed by atoms with van der Waals surface area (Å²) >= 11 is 0. The zero-order valence-electron chi connectivity index (χ0n) is 13.7. The number of para-hydroxylation sites is 1. The van der Waals surface area contributed by atoms with Crippen molar-refractivity contribution in [3.8, 4) is 0 Å². The first kappa shape index (κ1) is 17.8. The van der Waals surface area contributed by atoms with Crippen molar-refractivity contribution < 1.29 is 17.2 Å². The summed E-state index contributed by atoms with van der Waals surface area (Å²) in [5, 5.41) is 0. The van der Waals surface area contributed by atoms with Crippen LogP contribution in [0.3, 0.4) is 0 Å². The maximum absolute atomic E-state index is 13.7. The van der Waals surface area contributed by atoms with Gasteiger partial charge in [0.15, 0.2) is 0 Å². The molecule has 2 aromatic rings. The quantitative estimate of drug-likeness (QED) is 0.855. The second kappa shape index (κ2) is 7.49. The van der Waals surface area contributed by atoms with Crippen molar-refractivity contribution >= 4 is 15.7 Å². The van der Waals surface area contributed by atoms with Crippen LogP contribution in [0.1, 0.15) is 18.4 Å². The first-order valence-corrected chi connectivity index (χ1v) is 9.83. The minimum Gasteiger partial charge on any atom is -0.367 e. The molecule has 0 saturated carbocycles. The molecule has 0 radical (unpaired) electrons. The average Bonchev–Trinajstić information content (AvgIpc) is 3.06. The van der Waals surface area contributed by atoms with Gasteiger partial charge in [-0.1, -0.05) is 18.2 Å². The Hall–Kier alpha value is -1.99. The number of sulfonamides is 1. The number of halogens is 2. The molecule has 1 N–H and O–H groups in total. The van der Waals surface area contributed by atoms with Crippen molar-refractivity contribution in [1.82, 2.24) is 4.72 Å². The molecule has 4 nitrogen and oxygen atoms in total. The molecule has 1 aliphatic rings. The zero-order chi connectivity index (χ0) is 17.9. The topological polar surface area (TPSA) is 49.4 Å². The van der Waals surface area contributed by atoms with E-state index in [-0.39, 0.29) is 18.2 Å². The maximum atomic E-state index is 13.7. The van der Waals surface area contributed by atoms with Crippen LogP contribution in [-0.4, -0.2) is 27.5 Å². The van der Waals surface area contributed by atoms with Crippen molar-refractivity contribution in [3.05, 3.63) is 65.7 Å². The first-order chi connectivity index (χ1) is 11.9. The predicted octanol–water partition coefficient (Wildman–Crippen LogP) is 3.05. The highest BCUT2D eigenvalue weighted by atomic mass is 32.2. The van der Waals surface area contributed by atoms with Crippen LogP contribution < -0.4 is 9.62 Å². The Balaban J connectivity index is 1.64. The molecule has 1 saturated heterocycles. The molecule has 1 aliphatic heterocycles. The van der Waals surface area contributed by atoms with E-state index in [9.17, 15) is 17.2 Å². The van der Waals surface area contributed by atoms with Gasteiger partial charge in [-0.2, -0.15) is 0 Å². The Morgan fingerprint density at radius 2 is 1.88 bits per heavy atom. The van der Waals surface area contributed by atoms with Crippen LogP contribution in [0.4, 0.5) is 14.5 Å². The summed E-state index contributed by atoms with van der Waals surface area (Å²) in [6.07, 6.45) is 1.87. The van der Waals surface area contributed by atoms with Gasteiger partial charge in [0.25, 0.3) is 0 Å². The van der Waals surface area contributed by atoms with Gasteiger partial charge in [0, 0.05) is 30.4 Å². The zero-order valence-corrected chi connectivity index (χ0v) is 14.5. The molecule has 0 amide bonds. The lowest BCUT2D eigenvalue weighted by Gasteiger charge is -2.27. The fourth-order valence-electron chi connectivity index (χ4n) is 3.14. The van der Waals surface area contributed by atoms with Crippen LogP contribution in [0.15, 0.2) is 48.5 Å². The van der Waals surface area contributed by atoms with Gasteiger partial charge < -0.3 is 4.90 Å². The van der Waals surface area contributed by atoms with E-state index in [2.05, 4.69) is 9.62 Å². The Morgan fingerprint density at radius 3 is 2.64 bits per heavy atom. The number of benzene rings is 2. The van der Waals surface area contributed by atoms with E-state index in [0.717, 1.165) is 43.3 Å². The van der Waals surface area contributed by atoms with E-state index in [1.807, 2.05) is 30.3 Å². The summed E-state index contributed by atoms with van der Waals surface area (Å²) in [4.78, 5) is 2.17. The highest BCUT2D eigenvalue weighted by Crippen LogP contribution is 2.25. The third-order valence-electron chi connectivity index (χ3n) is 4.36. The van der Waals surface area contributed by atoms with Gasteiger partial charge in [0.05, 0.1) is 5.75 Å². The molecule has 1 atom stereocenters. The van der Waals surface area contributed by atoms with Crippen molar-refractivity contribution in [2.45, 2.75) is 24.6 Å². The third kappa shape index (κ3) is 4.55. The molecular formula is C18H20F2N2O2S. The van der Waals surface area contributed by atoms with Crippen LogP contribution in [0.2, 0.25) is 0 Å². The summed E-state index contributed by atoms with van der Waals surface area (Å²) in [6.45, 7) is 1.11. The first-order valence-electron chi connectivity index (χ1n) is 8.17. The van der Waals surface area contributed by atoms with Crippen molar-refractivity contribution in [2.24, 2.45) is 0 Å². The second-order valence-corrected chi connectivity index (χ2v) is 7.98. The normalized spacial score (nSPS) is 17.8. The molecule has 0 bridgehead atoms. The monoisotopic (exact) mass is 366 g/mol. The van der Waals surface area contributed by atoms with E-state index in [1.165, 1.54) is 0 Å². The summed E-state index contributed by atoms with van der Waals surface area (Å²) in [7, 11) is -3.75. The number of hydrogen-bond donors (Lipinski definition) is 1. The summed E-state index contributed by atoms with van der Waals surface area (Å²) < 4.78 is 53.9. The Bertz CT molecular complexity index is 828.